The lowest BCUT2D eigenvalue weighted by molar-refractivity contribution is -0.383. The second-order valence-corrected chi connectivity index (χ2v) is 12.9. The van der Waals surface area contributed by atoms with E-state index in [0.717, 1.165) is 12.4 Å². The average Bonchev–Trinajstić information content (AvgIpc) is 3.87. The van der Waals surface area contributed by atoms with Gasteiger partial charge in [-0.25, -0.2) is 29.3 Å². The molecule has 6 aromatic rings. The highest BCUT2D eigenvalue weighted by Gasteiger charge is 2.41. The summed E-state index contributed by atoms with van der Waals surface area (Å²) < 4.78 is 81.6. The number of aliphatic hydroxyl groups is 1. The number of pyridine rings is 4. The van der Waals surface area contributed by atoms with Gasteiger partial charge in [-0.15, -0.1) is 0 Å². The summed E-state index contributed by atoms with van der Waals surface area (Å²) in [6.45, 7) is -0.609. The van der Waals surface area contributed by atoms with Crippen molar-refractivity contribution in [1.29, 1.82) is 0 Å². The molecule has 6 heterocycles. The number of nitrogens with zero attached hydrogens (tertiary/aromatic N) is 10. The lowest BCUT2D eigenvalue weighted by atomic mass is 9.97. The van der Waals surface area contributed by atoms with Crippen LogP contribution in [-0.4, -0.2) is 78.7 Å². The average molecular weight is 880 g/mol. The van der Waals surface area contributed by atoms with Crippen LogP contribution in [0.3, 0.4) is 0 Å². The molecule has 0 aliphatic rings. The molecule has 0 aliphatic heterocycles. The number of halogens is 7. The largest absolute Gasteiger partial charge is 0.396 e. The van der Waals surface area contributed by atoms with Crippen LogP contribution in [0.15, 0.2) is 86.0 Å². The molecule has 0 fully saturated rings. The Morgan fingerprint density at radius 3 is 1.41 bits per heavy atom. The van der Waals surface area contributed by atoms with Crippen molar-refractivity contribution < 1.29 is 41.3 Å². The molecule has 17 nitrogen and oxygen atoms in total. The normalized spacial score (nSPS) is 12.7. The third-order valence-electron chi connectivity index (χ3n) is 8.48. The lowest BCUT2D eigenvalue weighted by Gasteiger charge is -2.19. The van der Waals surface area contributed by atoms with E-state index in [-0.39, 0.29) is 68.7 Å². The minimum Gasteiger partial charge on any atom is -0.396 e. The quantitative estimate of drug-likeness (QED) is 0.0481. The van der Waals surface area contributed by atoms with Crippen LogP contribution in [0, 0.1) is 20.2 Å². The predicted octanol–water partition coefficient (Wildman–Crippen LogP) is 7.10. The van der Waals surface area contributed by atoms with E-state index in [0.29, 0.717) is 11.1 Å². The summed E-state index contributed by atoms with van der Waals surface area (Å²) >= 11 is 3.04. The molecule has 6 rings (SSSR count). The first kappa shape index (κ1) is 42.6. The molecule has 0 spiro atoms. The highest BCUT2D eigenvalue weighted by molar-refractivity contribution is 9.09. The molecule has 0 amide bonds. The van der Waals surface area contributed by atoms with E-state index in [2.05, 4.69) is 46.1 Å². The smallest absolute Gasteiger partial charge is 0.395 e. The fourth-order valence-corrected chi connectivity index (χ4v) is 6.18. The predicted molar refractivity (Wildman–Crippen MR) is 199 cm³/mol. The summed E-state index contributed by atoms with van der Waals surface area (Å²) in [5.41, 5.74) is 11.6. The van der Waals surface area contributed by atoms with Crippen molar-refractivity contribution in [2.45, 2.75) is 37.0 Å². The number of aromatic nitrogens is 8. The zero-order valence-corrected chi connectivity index (χ0v) is 31.0. The van der Waals surface area contributed by atoms with Crippen LogP contribution in [0.5, 0.6) is 0 Å². The summed E-state index contributed by atoms with van der Waals surface area (Å²) in [7, 11) is 0. The van der Waals surface area contributed by atoms with Crippen LogP contribution >= 0.6 is 15.9 Å². The molecule has 0 saturated carbocycles. The van der Waals surface area contributed by atoms with E-state index in [1.807, 2.05) is 0 Å². The molecule has 2 unspecified atom stereocenters. The molecule has 0 radical (unpaired) electrons. The molecular weight excluding hydrogens is 850 g/mol. The number of anilines is 2. The Morgan fingerprint density at radius 2 is 1.09 bits per heavy atom. The van der Waals surface area contributed by atoms with Crippen molar-refractivity contribution in [3.63, 3.8) is 0 Å². The monoisotopic (exact) mass is 878 g/mol. The number of nitrogens with two attached hydrogens (primary N) is 2. The van der Waals surface area contributed by atoms with Crippen LogP contribution in [0.25, 0.3) is 33.9 Å². The van der Waals surface area contributed by atoms with Gasteiger partial charge in [-0.1, -0.05) is 28.1 Å². The first-order chi connectivity index (χ1) is 27.4. The third kappa shape index (κ3) is 9.69. The standard InChI is InChI=1S/C17H14BrF3N6O2.C17H15F3N6O3/c18-5-3-13(17(19,20)21)10-1-2-14(24-7-10)26-9-11(8-25-26)12-4-6-23-16(22)15(12)27(28)29;18-17(19,20)13(4-6-27)10-1-2-14(23-7-10)25-9-11(8-24-25)12-3-5-22-16(21)15(12)26(28)29/h1-2,4,6-9,13H,3,5H2,(H2,22,23);1-3,5,7-9,13,27H,4,6H2,(H2,21,22). The van der Waals surface area contributed by atoms with Gasteiger partial charge in [0.05, 0.1) is 45.2 Å². The van der Waals surface area contributed by atoms with Crippen molar-refractivity contribution in [2.24, 2.45) is 0 Å². The Kier molecular flexibility index (Phi) is 13.0. The Balaban J connectivity index is 0.000000221. The maximum atomic E-state index is 13.2. The highest BCUT2D eigenvalue weighted by Crippen LogP contribution is 2.39. The minimum absolute atomic E-state index is 0.0469. The van der Waals surface area contributed by atoms with Crippen molar-refractivity contribution in [3.05, 3.63) is 117 Å². The van der Waals surface area contributed by atoms with Gasteiger partial charge in [-0.3, -0.25) is 20.2 Å². The molecule has 24 heteroatoms. The van der Waals surface area contributed by atoms with Gasteiger partial charge in [0.2, 0.25) is 11.6 Å². The van der Waals surface area contributed by atoms with Gasteiger partial charge in [0.15, 0.2) is 11.6 Å². The van der Waals surface area contributed by atoms with Crippen LogP contribution < -0.4 is 11.5 Å². The SMILES string of the molecule is Nc1nccc(-c2cnn(-c3ccc(C(CCBr)C(F)(F)F)cn3)c2)c1[N+](=O)[O-].Nc1nccc(-c2cnn(-c3ccc(C(CCO)C(F)(F)F)cn3)c2)c1[N+](=O)[O-]. The van der Waals surface area contributed by atoms with Gasteiger partial charge in [0, 0.05) is 60.2 Å². The fraction of sp³-hybridized carbons (Fsp3) is 0.235. The minimum atomic E-state index is -4.51. The van der Waals surface area contributed by atoms with E-state index < -0.39 is 47.1 Å². The highest BCUT2D eigenvalue weighted by atomic mass is 79.9. The zero-order valence-electron chi connectivity index (χ0n) is 29.4. The summed E-state index contributed by atoms with van der Waals surface area (Å²) in [4.78, 5) is 36.7. The van der Waals surface area contributed by atoms with Gasteiger partial charge < -0.3 is 16.6 Å². The van der Waals surface area contributed by atoms with Gasteiger partial charge in [-0.05, 0) is 48.2 Å². The Bertz CT molecular complexity index is 2210. The summed E-state index contributed by atoms with van der Waals surface area (Å²) in [5, 5.41) is 39.8. The molecule has 2 atom stereocenters. The maximum absolute atomic E-state index is 13.2. The summed E-state index contributed by atoms with van der Waals surface area (Å²) in [6, 6.07) is 8.20. The van der Waals surface area contributed by atoms with Crippen LogP contribution in [0.2, 0.25) is 0 Å². The van der Waals surface area contributed by atoms with Crippen LogP contribution in [0.4, 0.5) is 49.4 Å². The fourth-order valence-electron chi connectivity index (χ4n) is 5.72. The first-order valence-corrected chi connectivity index (χ1v) is 17.7. The molecular formula is C34H29BrF6N12O5. The van der Waals surface area contributed by atoms with Crippen molar-refractivity contribution >= 4 is 38.9 Å². The van der Waals surface area contributed by atoms with Crippen molar-refractivity contribution in [1.82, 2.24) is 39.5 Å². The summed E-state index contributed by atoms with van der Waals surface area (Å²) in [6.07, 6.45) is 1.06. The maximum Gasteiger partial charge on any atom is 0.395 e. The van der Waals surface area contributed by atoms with Gasteiger partial charge in [0.1, 0.15) is 0 Å². The van der Waals surface area contributed by atoms with E-state index >= 15 is 0 Å². The molecule has 5 N–H and O–H groups in total. The number of rotatable bonds is 12. The van der Waals surface area contributed by atoms with E-state index in [4.69, 9.17) is 16.6 Å². The van der Waals surface area contributed by atoms with Gasteiger partial charge >= 0.3 is 23.7 Å². The van der Waals surface area contributed by atoms with Crippen LogP contribution in [0.1, 0.15) is 35.8 Å². The number of nitro groups is 2. The topological polar surface area (TPSA) is 246 Å². The van der Waals surface area contributed by atoms with Gasteiger partial charge in [-0.2, -0.15) is 36.5 Å². The number of aliphatic hydroxyl groups excluding tert-OH is 1. The summed E-state index contributed by atoms with van der Waals surface area (Å²) in [5.74, 6) is -3.44. The van der Waals surface area contributed by atoms with Crippen molar-refractivity contribution in [3.8, 4) is 33.9 Å². The molecule has 0 bridgehead atoms. The molecule has 304 valence electrons. The number of hydrogen-bond acceptors (Lipinski definition) is 13. The Morgan fingerprint density at radius 1 is 0.672 bits per heavy atom. The van der Waals surface area contributed by atoms with E-state index in [9.17, 15) is 46.6 Å². The molecule has 0 saturated heterocycles. The third-order valence-corrected chi connectivity index (χ3v) is 8.94. The number of nitrogen functional groups attached to an aromatic ring is 2. The molecule has 0 aromatic carbocycles. The Hall–Kier alpha value is -6.56. The van der Waals surface area contributed by atoms with Crippen LogP contribution in [-0.2, 0) is 0 Å². The number of hydrogen-bond donors (Lipinski definition) is 3. The van der Waals surface area contributed by atoms with Crippen molar-refractivity contribution in [2.75, 3.05) is 23.4 Å². The molecule has 6 aromatic heterocycles. The molecule has 58 heavy (non-hydrogen) atoms. The zero-order chi connectivity index (χ0) is 42.4. The second-order valence-electron chi connectivity index (χ2n) is 12.1. The lowest BCUT2D eigenvalue weighted by Crippen LogP contribution is -2.22. The molecule has 0 aliphatic carbocycles. The Labute approximate surface area is 330 Å². The van der Waals surface area contributed by atoms with E-state index in [1.54, 1.807) is 0 Å². The number of alkyl halides is 7. The first-order valence-electron chi connectivity index (χ1n) is 16.5. The van der Waals surface area contributed by atoms with Gasteiger partial charge in [0.25, 0.3) is 0 Å². The van der Waals surface area contributed by atoms with E-state index in [1.165, 1.54) is 82.9 Å². The second kappa shape index (κ2) is 17.7.